The van der Waals surface area contributed by atoms with Crippen molar-refractivity contribution in [2.24, 2.45) is 0 Å². The van der Waals surface area contributed by atoms with Gasteiger partial charge in [-0.1, -0.05) is 6.07 Å². The fraction of sp³-hybridized carbons (Fsp3) is 0. The second-order valence-electron chi connectivity index (χ2n) is 3.63. The Morgan fingerprint density at radius 3 is 2.50 bits per heavy atom. The number of aromatic hydroxyl groups is 1. The van der Waals surface area contributed by atoms with Crippen molar-refractivity contribution in [1.82, 2.24) is 0 Å². The van der Waals surface area contributed by atoms with Crippen LogP contribution in [0.25, 0.3) is 0 Å². The number of carbonyl (C=O) groups is 1. The summed E-state index contributed by atoms with van der Waals surface area (Å²) in [6.07, 6.45) is 0. The molecule has 0 bridgehead atoms. The van der Waals surface area contributed by atoms with E-state index in [9.17, 15) is 9.90 Å². The second-order valence-corrected chi connectivity index (χ2v) is 6.12. The molecular formula is C13H9I2NO2. The topological polar surface area (TPSA) is 49.3 Å². The molecule has 0 saturated carbocycles. The first-order chi connectivity index (χ1) is 8.56. The van der Waals surface area contributed by atoms with Gasteiger partial charge in [0, 0.05) is 12.8 Å². The molecule has 5 heteroatoms. The van der Waals surface area contributed by atoms with E-state index in [0.717, 1.165) is 7.14 Å². The Balaban J connectivity index is 2.24. The van der Waals surface area contributed by atoms with Crippen molar-refractivity contribution in [3.05, 3.63) is 55.2 Å². The Bertz CT molecular complexity index is 599. The predicted octanol–water partition coefficient (Wildman–Crippen LogP) is 3.85. The van der Waals surface area contributed by atoms with Gasteiger partial charge >= 0.3 is 0 Å². The molecule has 0 aliphatic rings. The van der Waals surface area contributed by atoms with Crippen molar-refractivity contribution in [2.45, 2.75) is 0 Å². The molecule has 0 radical (unpaired) electrons. The third-order valence-corrected chi connectivity index (χ3v) is 3.63. The standard InChI is InChI=1S/C13H9I2NO2/c14-8-2-1-3-10(6-8)16-13(18)11-7-9(15)4-5-12(11)17/h1-7,17H,(H,16,18). The fourth-order valence-electron chi connectivity index (χ4n) is 1.45. The summed E-state index contributed by atoms with van der Waals surface area (Å²) in [4.78, 5) is 12.0. The molecule has 0 fully saturated rings. The lowest BCUT2D eigenvalue weighted by Crippen LogP contribution is -2.12. The first-order valence-corrected chi connectivity index (χ1v) is 7.27. The van der Waals surface area contributed by atoms with E-state index >= 15 is 0 Å². The number of phenolic OH excluding ortho intramolecular Hbond substituents is 1. The highest BCUT2D eigenvalue weighted by molar-refractivity contribution is 14.1. The number of carbonyl (C=O) groups excluding carboxylic acids is 1. The van der Waals surface area contributed by atoms with E-state index in [1.807, 2.05) is 24.3 Å². The predicted molar refractivity (Wildman–Crippen MR) is 87.9 cm³/mol. The zero-order valence-electron chi connectivity index (χ0n) is 9.15. The highest BCUT2D eigenvalue weighted by Gasteiger charge is 2.11. The lowest BCUT2D eigenvalue weighted by Gasteiger charge is -2.07. The first-order valence-electron chi connectivity index (χ1n) is 5.12. The Kier molecular flexibility index (Phi) is 4.44. The summed E-state index contributed by atoms with van der Waals surface area (Å²) in [6.45, 7) is 0. The van der Waals surface area contributed by atoms with Crippen molar-refractivity contribution < 1.29 is 9.90 Å². The number of hydrogen-bond acceptors (Lipinski definition) is 2. The molecule has 2 aromatic rings. The normalized spacial score (nSPS) is 10.1. The van der Waals surface area contributed by atoms with Crippen LogP contribution in [0.2, 0.25) is 0 Å². The maximum Gasteiger partial charge on any atom is 0.259 e. The van der Waals surface area contributed by atoms with E-state index in [-0.39, 0.29) is 17.2 Å². The van der Waals surface area contributed by atoms with Crippen molar-refractivity contribution >= 4 is 56.8 Å². The molecule has 0 spiro atoms. The number of rotatable bonds is 2. The summed E-state index contributed by atoms with van der Waals surface area (Å²) in [7, 11) is 0. The van der Waals surface area contributed by atoms with E-state index in [1.54, 1.807) is 12.1 Å². The van der Waals surface area contributed by atoms with Crippen LogP contribution in [-0.4, -0.2) is 11.0 Å². The smallest absolute Gasteiger partial charge is 0.259 e. The number of nitrogens with one attached hydrogen (secondary N) is 1. The fourth-order valence-corrected chi connectivity index (χ4v) is 2.49. The van der Waals surface area contributed by atoms with E-state index in [0.29, 0.717) is 5.69 Å². The van der Waals surface area contributed by atoms with Crippen molar-refractivity contribution in [3.8, 4) is 5.75 Å². The Morgan fingerprint density at radius 1 is 1.06 bits per heavy atom. The quantitative estimate of drug-likeness (QED) is 0.663. The minimum Gasteiger partial charge on any atom is -0.507 e. The van der Waals surface area contributed by atoms with Gasteiger partial charge in [0.1, 0.15) is 5.75 Å². The minimum atomic E-state index is -0.312. The summed E-state index contributed by atoms with van der Waals surface area (Å²) >= 11 is 4.28. The molecule has 0 aliphatic carbocycles. The summed E-state index contributed by atoms with van der Waals surface area (Å²) in [5, 5.41) is 12.4. The average molecular weight is 465 g/mol. The lowest BCUT2D eigenvalue weighted by molar-refractivity contribution is 0.102. The van der Waals surface area contributed by atoms with Gasteiger partial charge in [-0.3, -0.25) is 4.79 Å². The van der Waals surface area contributed by atoms with E-state index in [4.69, 9.17) is 0 Å². The molecule has 18 heavy (non-hydrogen) atoms. The van der Waals surface area contributed by atoms with Gasteiger partial charge in [0.25, 0.3) is 5.91 Å². The van der Waals surface area contributed by atoms with Gasteiger partial charge in [-0.15, -0.1) is 0 Å². The number of phenols is 1. The van der Waals surface area contributed by atoms with Gasteiger partial charge in [0.05, 0.1) is 5.56 Å². The van der Waals surface area contributed by atoms with Crippen LogP contribution >= 0.6 is 45.2 Å². The molecule has 0 heterocycles. The molecule has 0 saturated heterocycles. The number of benzene rings is 2. The Hall–Kier alpha value is -0.830. The monoisotopic (exact) mass is 465 g/mol. The van der Waals surface area contributed by atoms with Gasteiger partial charge in [-0.05, 0) is 81.6 Å². The molecule has 3 nitrogen and oxygen atoms in total. The zero-order chi connectivity index (χ0) is 13.1. The summed E-state index contributed by atoms with van der Waals surface area (Å²) in [6, 6.07) is 12.4. The average Bonchev–Trinajstić information content (AvgIpc) is 2.32. The zero-order valence-corrected chi connectivity index (χ0v) is 13.5. The van der Waals surface area contributed by atoms with Crippen LogP contribution in [-0.2, 0) is 0 Å². The van der Waals surface area contributed by atoms with Crippen LogP contribution < -0.4 is 5.32 Å². The Morgan fingerprint density at radius 2 is 1.78 bits per heavy atom. The molecule has 0 atom stereocenters. The SMILES string of the molecule is O=C(Nc1cccc(I)c1)c1cc(I)ccc1O. The van der Waals surface area contributed by atoms with Crippen LogP contribution in [0.3, 0.4) is 0 Å². The third-order valence-electron chi connectivity index (χ3n) is 2.29. The molecule has 92 valence electrons. The number of hydrogen-bond donors (Lipinski definition) is 2. The molecule has 0 unspecified atom stereocenters. The second kappa shape index (κ2) is 5.87. The van der Waals surface area contributed by atoms with Gasteiger partial charge in [0.15, 0.2) is 0 Å². The summed E-state index contributed by atoms with van der Waals surface area (Å²) in [5.41, 5.74) is 0.992. The molecular weight excluding hydrogens is 456 g/mol. The summed E-state index contributed by atoms with van der Waals surface area (Å²) in [5.74, 6) is -0.327. The maximum absolute atomic E-state index is 12.0. The van der Waals surface area contributed by atoms with Crippen LogP contribution in [0.1, 0.15) is 10.4 Å². The Labute approximate surface area is 132 Å². The van der Waals surface area contributed by atoms with Crippen molar-refractivity contribution in [1.29, 1.82) is 0 Å². The first kappa shape index (κ1) is 13.6. The van der Waals surface area contributed by atoms with E-state index < -0.39 is 0 Å². The third kappa shape index (κ3) is 3.35. The molecule has 2 aromatic carbocycles. The van der Waals surface area contributed by atoms with Crippen molar-refractivity contribution in [3.63, 3.8) is 0 Å². The van der Waals surface area contributed by atoms with Gasteiger partial charge in [0.2, 0.25) is 0 Å². The maximum atomic E-state index is 12.0. The number of amides is 1. The van der Waals surface area contributed by atoms with Crippen LogP contribution in [0, 0.1) is 7.14 Å². The molecule has 1 amide bonds. The van der Waals surface area contributed by atoms with Gasteiger partial charge < -0.3 is 10.4 Å². The molecule has 2 N–H and O–H groups in total. The summed E-state index contributed by atoms with van der Waals surface area (Å²) < 4.78 is 1.94. The van der Waals surface area contributed by atoms with Gasteiger partial charge in [-0.25, -0.2) is 0 Å². The minimum absolute atomic E-state index is 0.0152. The number of halogens is 2. The van der Waals surface area contributed by atoms with E-state index in [1.165, 1.54) is 6.07 Å². The van der Waals surface area contributed by atoms with Gasteiger partial charge in [-0.2, -0.15) is 0 Å². The number of anilines is 1. The highest BCUT2D eigenvalue weighted by Crippen LogP contribution is 2.21. The van der Waals surface area contributed by atoms with E-state index in [2.05, 4.69) is 50.5 Å². The van der Waals surface area contributed by atoms with Crippen molar-refractivity contribution in [2.75, 3.05) is 5.32 Å². The van der Waals surface area contributed by atoms with Crippen LogP contribution in [0.4, 0.5) is 5.69 Å². The highest BCUT2D eigenvalue weighted by atomic mass is 127. The van der Waals surface area contributed by atoms with Crippen LogP contribution in [0.15, 0.2) is 42.5 Å². The lowest BCUT2D eigenvalue weighted by atomic mass is 10.2. The molecule has 0 aliphatic heterocycles. The largest absolute Gasteiger partial charge is 0.507 e. The van der Waals surface area contributed by atoms with Crippen LogP contribution in [0.5, 0.6) is 5.75 Å². The molecule has 2 rings (SSSR count). The molecule has 0 aromatic heterocycles.